The highest BCUT2D eigenvalue weighted by Gasteiger charge is 2.20. The minimum absolute atomic E-state index is 0.0524. The third kappa shape index (κ3) is 4.67. The van der Waals surface area contributed by atoms with Gasteiger partial charge in [0, 0.05) is 42.8 Å². The van der Waals surface area contributed by atoms with Crippen LogP contribution in [0.5, 0.6) is 5.19 Å². The Morgan fingerprint density at radius 1 is 1.50 bits per heavy atom. The lowest BCUT2D eigenvalue weighted by molar-refractivity contribution is 0.0593. The molecular weight excluding hydrogens is 298 g/mol. The lowest BCUT2D eigenvalue weighted by atomic mass is 10.5. The van der Waals surface area contributed by atoms with Gasteiger partial charge in [0.25, 0.3) is 10.4 Å². The average Bonchev–Trinajstić information content (AvgIpc) is 2.92. The number of hydrogen-bond donors (Lipinski definition) is 0. The molecule has 0 unspecified atom stereocenters. The van der Waals surface area contributed by atoms with Gasteiger partial charge in [0.2, 0.25) is 5.16 Å². The molecule has 8 heteroatoms. The van der Waals surface area contributed by atoms with E-state index in [0.717, 1.165) is 29.7 Å². The zero-order valence-corrected chi connectivity index (χ0v) is 12.8. The Hall–Kier alpha value is -1.30. The van der Waals surface area contributed by atoms with E-state index in [1.807, 2.05) is 6.92 Å². The maximum Gasteiger partial charge on any atom is 0.294 e. The number of nitrogens with zero attached hydrogens (tertiary/aromatic N) is 3. The first-order chi connectivity index (χ1) is 9.79. The maximum absolute atomic E-state index is 12.0. The van der Waals surface area contributed by atoms with Crippen molar-refractivity contribution in [3.63, 3.8) is 0 Å². The molecule has 0 atom stereocenters. The molecule has 0 N–H and O–H groups in total. The van der Waals surface area contributed by atoms with Gasteiger partial charge in [0.15, 0.2) is 6.61 Å². The molecule has 0 radical (unpaired) electrons. The zero-order chi connectivity index (χ0) is 14.2. The molecule has 1 saturated heterocycles. The number of amides is 1. The van der Waals surface area contributed by atoms with Crippen LogP contribution in [-0.2, 0) is 4.74 Å². The molecule has 0 bridgehead atoms. The summed E-state index contributed by atoms with van der Waals surface area (Å²) in [5.74, 6) is 5.76. The van der Waals surface area contributed by atoms with E-state index in [4.69, 9.17) is 9.47 Å². The second-order valence-corrected chi connectivity index (χ2v) is 5.44. The van der Waals surface area contributed by atoms with E-state index in [1.54, 1.807) is 4.90 Å². The lowest BCUT2D eigenvalue weighted by Crippen LogP contribution is -2.38. The summed E-state index contributed by atoms with van der Waals surface area (Å²) in [6.07, 6.45) is 0.800. The first kappa shape index (κ1) is 15.1. The lowest BCUT2D eigenvalue weighted by Gasteiger charge is -2.25. The number of hydrogen-bond acceptors (Lipinski definition) is 7. The van der Waals surface area contributed by atoms with Crippen LogP contribution >= 0.6 is 23.3 Å². The van der Waals surface area contributed by atoms with Crippen LogP contribution in [0.3, 0.4) is 0 Å². The third-order valence-electron chi connectivity index (χ3n) is 2.41. The SMILES string of the molecule is CCC#CCOc1nc(SC(=O)N2CCOCC2)ns1. The molecule has 1 aliphatic rings. The van der Waals surface area contributed by atoms with Crippen LogP contribution in [0.2, 0.25) is 0 Å². The number of morpholine rings is 1. The largest absolute Gasteiger partial charge is 0.456 e. The van der Waals surface area contributed by atoms with Gasteiger partial charge in [-0.3, -0.25) is 4.79 Å². The molecule has 0 saturated carbocycles. The Morgan fingerprint density at radius 2 is 2.30 bits per heavy atom. The van der Waals surface area contributed by atoms with E-state index >= 15 is 0 Å². The van der Waals surface area contributed by atoms with Gasteiger partial charge in [0.1, 0.15) is 0 Å². The first-order valence-corrected chi connectivity index (χ1v) is 7.85. The fraction of sp³-hybridized carbons (Fsp3) is 0.583. The monoisotopic (exact) mass is 313 g/mol. The van der Waals surface area contributed by atoms with Crippen molar-refractivity contribution in [2.24, 2.45) is 0 Å². The standard InChI is InChI=1S/C12H15N3O3S2/c1-2-3-4-7-18-11-13-10(14-20-11)19-12(16)15-5-8-17-9-6-15/h2,5-9H2,1H3. The van der Waals surface area contributed by atoms with Gasteiger partial charge in [-0.05, 0) is 0 Å². The summed E-state index contributed by atoms with van der Waals surface area (Å²) in [5.41, 5.74) is 0. The number of thioether (sulfide) groups is 1. The van der Waals surface area contributed by atoms with Crippen LogP contribution in [0.1, 0.15) is 13.3 Å². The molecule has 1 aromatic rings. The first-order valence-electron chi connectivity index (χ1n) is 6.26. The second-order valence-electron chi connectivity index (χ2n) is 3.81. The highest BCUT2D eigenvalue weighted by Crippen LogP contribution is 2.24. The Labute approximate surface area is 126 Å². The summed E-state index contributed by atoms with van der Waals surface area (Å²) in [5, 5.41) is 0.807. The smallest absolute Gasteiger partial charge is 0.294 e. The van der Waals surface area contributed by atoms with Crippen molar-refractivity contribution in [3.05, 3.63) is 0 Å². The van der Waals surface area contributed by atoms with E-state index < -0.39 is 0 Å². The summed E-state index contributed by atoms with van der Waals surface area (Å²) < 4.78 is 14.6. The normalized spacial score (nSPS) is 14.6. The van der Waals surface area contributed by atoms with Gasteiger partial charge >= 0.3 is 0 Å². The van der Waals surface area contributed by atoms with Crippen molar-refractivity contribution in [2.45, 2.75) is 18.5 Å². The van der Waals surface area contributed by atoms with Crippen molar-refractivity contribution in [3.8, 4) is 17.0 Å². The summed E-state index contributed by atoms with van der Waals surface area (Å²) >= 11 is 2.15. The Kier molecular flexibility index (Phi) is 6.11. The molecule has 6 nitrogen and oxygen atoms in total. The van der Waals surface area contributed by atoms with Crippen LogP contribution in [0.25, 0.3) is 0 Å². The van der Waals surface area contributed by atoms with E-state index in [0.29, 0.717) is 43.3 Å². The average molecular weight is 313 g/mol. The predicted molar refractivity (Wildman–Crippen MR) is 77.1 cm³/mol. The number of ether oxygens (including phenoxy) is 2. The minimum atomic E-state index is -0.0524. The molecule has 1 amide bonds. The molecule has 2 rings (SSSR count). The zero-order valence-electron chi connectivity index (χ0n) is 11.1. The van der Waals surface area contributed by atoms with Crippen molar-refractivity contribution < 1.29 is 14.3 Å². The highest BCUT2D eigenvalue weighted by molar-refractivity contribution is 8.13. The van der Waals surface area contributed by atoms with Crippen LogP contribution in [0.4, 0.5) is 4.79 Å². The van der Waals surface area contributed by atoms with Gasteiger partial charge in [-0.2, -0.15) is 9.36 Å². The number of rotatable bonds is 3. The van der Waals surface area contributed by atoms with Gasteiger partial charge in [-0.25, -0.2) is 0 Å². The number of aromatic nitrogens is 2. The van der Waals surface area contributed by atoms with Crippen molar-refractivity contribution >= 4 is 28.5 Å². The summed E-state index contributed by atoms with van der Waals surface area (Å²) in [6.45, 7) is 4.68. The van der Waals surface area contributed by atoms with Gasteiger partial charge in [-0.1, -0.05) is 12.8 Å². The molecule has 1 aromatic heterocycles. The van der Waals surface area contributed by atoms with Crippen LogP contribution in [0.15, 0.2) is 5.16 Å². The number of carbonyl (C=O) groups excluding carboxylic acids is 1. The van der Waals surface area contributed by atoms with Crippen molar-refractivity contribution in [2.75, 3.05) is 32.9 Å². The predicted octanol–water partition coefficient (Wildman–Crippen LogP) is 1.87. The van der Waals surface area contributed by atoms with Gasteiger partial charge in [-0.15, -0.1) is 5.92 Å². The molecule has 1 fully saturated rings. The molecule has 20 heavy (non-hydrogen) atoms. The van der Waals surface area contributed by atoms with Crippen LogP contribution in [0, 0.1) is 11.8 Å². The third-order valence-corrected chi connectivity index (χ3v) is 3.95. The molecule has 1 aliphatic heterocycles. The van der Waals surface area contributed by atoms with Crippen LogP contribution < -0.4 is 4.74 Å². The topological polar surface area (TPSA) is 64.5 Å². The highest BCUT2D eigenvalue weighted by atomic mass is 32.2. The summed E-state index contributed by atoms with van der Waals surface area (Å²) in [6, 6.07) is 0. The molecule has 0 aliphatic carbocycles. The quantitative estimate of drug-likeness (QED) is 0.627. The van der Waals surface area contributed by atoms with E-state index in [1.165, 1.54) is 0 Å². The fourth-order valence-electron chi connectivity index (χ4n) is 1.46. The molecule has 0 spiro atoms. The Bertz CT molecular complexity index is 504. The van der Waals surface area contributed by atoms with E-state index in [2.05, 4.69) is 21.2 Å². The molecule has 2 heterocycles. The Balaban J connectivity index is 1.81. The van der Waals surface area contributed by atoms with E-state index in [-0.39, 0.29) is 5.24 Å². The molecule has 0 aromatic carbocycles. The number of carbonyl (C=O) groups is 1. The summed E-state index contributed by atoms with van der Waals surface area (Å²) in [7, 11) is 0. The van der Waals surface area contributed by atoms with Crippen molar-refractivity contribution in [1.82, 2.24) is 14.3 Å². The van der Waals surface area contributed by atoms with Gasteiger partial charge in [0.05, 0.1) is 13.2 Å². The van der Waals surface area contributed by atoms with Crippen molar-refractivity contribution in [1.29, 1.82) is 0 Å². The minimum Gasteiger partial charge on any atom is -0.456 e. The summed E-state index contributed by atoms with van der Waals surface area (Å²) in [4.78, 5) is 17.9. The Morgan fingerprint density at radius 3 is 3.05 bits per heavy atom. The molecule has 108 valence electrons. The molecular formula is C12H15N3O3S2. The van der Waals surface area contributed by atoms with Crippen LogP contribution in [-0.4, -0.2) is 52.4 Å². The fourth-order valence-corrected chi connectivity index (χ4v) is 2.81. The second kappa shape index (κ2) is 8.09. The maximum atomic E-state index is 12.0. The van der Waals surface area contributed by atoms with Gasteiger partial charge < -0.3 is 14.4 Å². The van der Waals surface area contributed by atoms with E-state index in [9.17, 15) is 4.79 Å².